The van der Waals surface area contributed by atoms with Gasteiger partial charge in [-0.1, -0.05) is 6.07 Å². The lowest BCUT2D eigenvalue weighted by Gasteiger charge is -2.03. The molecule has 1 aromatic rings. The van der Waals surface area contributed by atoms with E-state index < -0.39 is 9.84 Å². The van der Waals surface area contributed by atoms with Gasteiger partial charge in [0, 0.05) is 12.8 Å². The average Bonchev–Trinajstić information content (AvgIpc) is 2.04. The van der Waals surface area contributed by atoms with E-state index in [1.807, 2.05) is 0 Å². The van der Waals surface area contributed by atoms with Crippen LogP contribution in [0.2, 0.25) is 0 Å². The highest BCUT2D eigenvalue weighted by atomic mass is 32.2. The van der Waals surface area contributed by atoms with Crippen molar-refractivity contribution >= 4 is 15.5 Å². The quantitative estimate of drug-likeness (QED) is 0.729. The van der Waals surface area contributed by atoms with Gasteiger partial charge in [0.15, 0.2) is 5.94 Å². The van der Waals surface area contributed by atoms with Crippen LogP contribution in [0.25, 0.3) is 0 Å². The molecule has 0 saturated carbocycles. The molecule has 1 rings (SSSR count). The summed E-state index contributed by atoms with van der Waals surface area (Å²) in [6.45, 7) is 0. The lowest BCUT2D eigenvalue weighted by molar-refractivity contribution is 0.250. The Balaban J connectivity index is 3.08. The molecule has 4 nitrogen and oxygen atoms in total. The number of nitrogens with two attached hydrogens (primary N) is 1. The summed E-state index contributed by atoms with van der Waals surface area (Å²) in [4.78, 5) is 0.189. The molecule has 0 spiro atoms. The van der Waals surface area contributed by atoms with E-state index in [0.29, 0.717) is 5.69 Å². The maximum absolute atomic E-state index is 11.4. The monoisotopic (exact) mass is 201 g/mol. The van der Waals surface area contributed by atoms with E-state index in [2.05, 4.69) is 4.74 Å². The predicted molar refractivity (Wildman–Crippen MR) is 49.9 cm³/mol. The first-order valence-electron chi connectivity index (χ1n) is 3.63. The van der Waals surface area contributed by atoms with Crippen LogP contribution in [0.4, 0.5) is 5.69 Å². The Morgan fingerprint density at radius 3 is 2.69 bits per heavy atom. The van der Waals surface area contributed by atoms with Crippen LogP contribution in [0, 0.1) is 0 Å². The summed E-state index contributed by atoms with van der Waals surface area (Å²) in [6.07, 6.45) is 0. The van der Waals surface area contributed by atoms with Gasteiger partial charge in [-0.2, -0.15) is 0 Å². The topological polar surface area (TPSA) is 69.4 Å². The Morgan fingerprint density at radius 1 is 1.46 bits per heavy atom. The van der Waals surface area contributed by atoms with E-state index in [1.54, 1.807) is 12.1 Å². The molecule has 1 aromatic carbocycles. The predicted octanol–water partition coefficient (Wildman–Crippen LogP) is 0.646. The number of rotatable bonds is 3. The molecular weight excluding hydrogens is 190 g/mol. The van der Waals surface area contributed by atoms with Gasteiger partial charge < -0.3 is 10.5 Å². The maximum atomic E-state index is 11.4. The van der Waals surface area contributed by atoms with E-state index >= 15 is 0 Å². The molecule has 0 aliphatic rings. The zero-order valence-electron chi connectivity index (χ0n) is 7.23. The Hall–Kier alpha value is -1.07. The summed E-state index contributed by atoms with van der Waals surface area (Å²) in [5, 5.41) is 0. The molecule has 0 aromatic heterocycles. The van der Waals surface area contributed by atoms with Crippen molar-refractivity contribution in [2.45, 2.75) is 4.90 Å². The zero-order valence-corrected chi connectivity index (χ0v) is 8.04. The minimum Gasteiger partial charge on any atom is -0.399 e. The number of anilines is 1. The number of nitrogen functional groups attached to an aromatic ring is 1. The highest BCUT2D eigenvalue weighted by Gasteiger charge is 2.13. The van der Waals surface area contributed by atoms with Crippen molar-refractivity contribution in [3.05, 3.63) is 24.3 Å². The van der Waals surface area contributed by atoms with Crippen molar-refractivity contribution in [3.8, 4) is 0 Å². The summed E-state index contributed by atoms with van der Waals surface area (Å²) in [6, 6.07) is 6.13. The lowest BCUT2D eigenvalue weighted by Crippen LogP contribution is -2.08. The highest BCUT2D eigenvalue weighted by molar-refractivity contribution is 7.91. The fraction of sp³-hybridized carbons (Fsp3) is 0.250. The molecule has 5 heteroatoms. The number of benzene rings is 1. The SMILES string of the molecule is COCS(=O)(=O)c1cccc(N)c1. The van der Waals surface area contributed by atoms with E-state index in [-0.39, 0.29) is 10.8 Å². The van der Waals surface area contributed by atoms with Gasteiger partial charge in [-0.3, -0.25) is 0 Å². The first-order chi connectivity index (χ1) is 6.06. The van der Waals surface area contributed by atoms with Crippen LogP contribution in [0.5, 0.6) is 0 Å². The van der Waals surface area contributed by atoms with Crippen LogP contribution in [0.15, 0.2) is 29.2 Å². The van der Waals surface area contributed by atoms with Gasteiger partial charge in [-0.15, -0.1) is 0 Å². The Bertz CT molecular complexity index is 386. The molecule has 13 heavy (non-hydrogen) atoms. The Morgan fingerprint density at radius 2 is 2.15 bits per heavy atom. The molecular formula is C8H11NO3S. The molecule has 0 saturated heterocycles. The van der Waals surface area contributed by atoms with Crippen molar-refractivity contribution in [2.24, 2.45) is 0 Å². The summed E-state index contributed by atoms with van der Waals surface area (Å²) in [5.74, 6) is -0.323. The maximum Gasteiger partial charge on any atom is 0.202 e. The average molecular weight is 201 g/mol. The summed E-state index contributed by atoms with van der Waals surface area (Å²) in [5.41, 5.74) is 5.87. The molecule has 0 bridgehead atoms. The van der Waals surface area contributed by atoms with Crippen molar-refractivity contribution < 1.29 is 13.2 Å². The molecule has 0 aliphatic carbocycles. The lowest BCUT2D eigenvalue weighted by atomic mass is 10.3. The van der Waals surface area contributed by atoms with Gasteiger partial charge >= 0.3 is 0 Å². The smallest absolute Gasteiger partial charge is 0.202 e. The van der Waals surface area contributed by atoms with Crippen LogP contribution < -0.4 is 5.73 Å². The third-order valence-electron chi connectivity index (χ3n) is 1.49. The molecule has 0 fully saturated rings. The molecule has 2 N–H and O–H groups in total. The minimum absolute atomic E-state index is 0.189. The van der Waals surface area contributed by atoms with E-state index in [1.165, 1.54) is 19.2 Å². The second-order valence-corrected chi connectivity index (χ2v) is 4.53. The molecule has 0 atom stereocenters. The molecule has 0 aliphatic heterocycles. The second-order valence-electron chi connectivity index (χ2n) is 2.59. The second kappa shape index (κ2) is 3.76. The van der Waals surface area contributed by atoms with Crippen LogP contribution in [-0.4, -0.2) is 21.5 Å². The first-order valence-corrected chi connectivity index (χ1v) is 5.29. The first kappa shape index (κ1) is 10.0. The Labute approximate surface area is 77.2 Å². The minimum atomic E-state index is -3.34. The number of methoxy groups -OCH3 is 1. The van der Waals surface area contributed by atoms with Gasteiger partial charge in [0.25, 0.3) is 0 Å². The molecule has 0 radical (unpaired) electrons. The number of hydrogen-bond donors (Lipinski definition) is 1. The fourth-order valence-electron chi connectivity index (χ4n) is 0.931. The number of sulfone groups is 1. The van der Waals surface area contributed by atoms with Gasteiger partial charge in [-0.05, 0) is 18.2 Å². The Kier molecular flexibility index (Phi) is 2.90. The summed E-state index contributed by atoms with van der Waals surface area (Å²) < 4.78 is 27.4. The largest absolute Gasteiger partial charge is 0.399 e. The highest BCUT2D eigenvalue weighted by Crippen LogP contribution is 2.14. The molecule has 72 valence electrons. The molecule has 0 heterocycles. The number of hydrogen-bond acceptors (Lipinski definition) is 4. The van der Waals surface area contributed by atoms with Crippen molar-refractivity contribution in [3.63, 3.8) is 0 Å². The number of ether oxygens (including phenoxy) is 1. The zero-order chi connectivity index (χ0) is 9.90. The van der Waals surface area contributed by atoms with Gasteiger partial charge in [0.05, 0.1) is 4.90 Å². The van der Waals surface area contributed by atoms with Gasteiger partial charge in [-0.25, -0.2) is 8.42 Å². The van der Waals surface area contributed by atoms with Crippen LogP contribution in [-0.2, 0) is 14.6 Å². The van der Waals surface area contributed by atoms with E-state index in [4.69, 9.17) is 5.73 Å². The van der Waals surface area contributed by atoms with Crippen LogP contribution in [0.1, 0.15) is 0 Å². The standard InChI is InChI=1S/C8H11NO3S/c1-12-6-13(10,11)8-4-2-3-7(9)5-8/h2-5H,6,9H2,1H3. The summed E-state index contributed by atoms with van der Waals surface area (Å²) in [7, 11) is -2.00. The van der Waals surface area contributed by atoms with Crippen molar-refractivity contribution in [2.75, 3.05) is 18.8 Å². The van der Waals surface area contributed by atoms with Crippen molar-refractivity contribution in [1.82, 2.24) is 0 Å². The van der Waals surface area contributed by atoms with Crippen LogP contribution >= 0.6 is 0 Å². The fourth-order valence-corrected chi connectivity index (χ4v) is 1.98. The van der Waals surface area contributed by atoms with Gasteiger partial charge in [0.1, 0.15) is 0 Å². The van der Waals surface area contributed by atoms with E-state index in [9.17, 15) is 8.42 Å². The third kappa shape index (κ3) is 2.43. The normalized spacial score (nSPS) is 11.5. The van der Waals surface area contributed by atoms with E-state index in [0.717, 1.165) is 0 Å². The third-order valence-corrected chi connectivity index (χ3v) is 3.01. The van der Waals surface area contributed by atoms with Gasteiger partial charge in [0.2, 0.25) is 9.84 Å². The summed E-state index contributed by atoms with van der Waals surface area (Å²) >= 11 is 0. The molecule has 0 unspecified atom stereocenters. The van der Waals surface area contributed by atoms with Crippen LogP contribution in [0.3, 0.4) is 0 Å². The van der Waals surface area contributed by atoms with Crippen molar-refractivity contribution in [1.29, 1.82) is 0 Å². The molecule has 0 amide bonds.